The summed E-state index contributed by atoms with van der Waals surface area (Å²) >= 11 is 1.95. The van der Waals surface area contributed by atoms with Crippen molar-refractivity contribution in [3.05, 3.63) is 35.7 Å². The van der Waals surface area contributed by atoms with Gasteiger partial charge in [0, 0.05) is 12.6 Å². The minimum Gasteiger partial charge on any atom is -0.339 e. The highest BCUT2D eigenvalue weighted by molar-refractivity contribution is 14.1. The third-order valence-electron chi connectivity index (χ3n) is 2.85. The third kappa shape index (κ3) is 4.56. The highest BCUT2D eigenvalue weighted by Crippen LogP contribution is 2.29. The molecule has 0 aliphatic heterocycles. The monoisotopic (exact) mass is 456 g/mol. The van der Waals surface area contributed by atoms with E-state index in [-0.39, 0.29) is 17.0 Å². The number of urea groups is 1. The summed E-state index contributed by atoms with van der Waals surface area (Å²) in [4.78, 5) is 20.1. The van der Waals surface area contributed by atoms with E-state index in [1.165, 1.54) is 19.2 Å². The van der Waals surface area contributed by atoms with Crippen LogP contribution in [0.25, 0.3) is 11.4 Å². The lowest BCUT2D eigenvalue weighted by Gasteiger charge is -2.20. The summed E-state index contributed by atoms with van der Waals surface area (Å²) < 4.78 is 41.8. The fraction of sp³-hybridized carbons (Fsp3) is 0.308. The van der Waals surface area contributed by atoms with E-state index in [1.54, 1.807) is 12.1 Å². The minimum atomic E-state index is -4.68. The van der Waals surface area contributed by atoms with Gasteiger partial charge in [-0.25, -0.2) is 4.79 Å². The second-order valence-corrected chi connectivity index (χ2v) is 5.07. The lowest BCUT2D eigenvalue weighted by Crippen LogP contribution is -2.37. The van der Waals surface area contributed by atoms with Crippen LogP contribution >= 0.6 is 22.6 Å². The fourth-order valence-corrected chi connectivity index (χ4v) is 2.08. The van der Waals surface area contributed by atoms with Crippen molar-refractivity contribution < 1.29 is 27.3 Å². The third-order valence-corrected chi connectivity index (χ3v) is 3.13. The first kappa shape index (κ1) is 18.4. The van der Waals surface area contributed by atoms with Gasteiger partial charge >= 0.3 is 18.1 Å². The first-order valence-electron chi connectivity index (χ1n) is 6.53. The molecular formula is C13H12F3IN4O3. The molecule has 0 saturated heterocycles. The van der Waals surface area contributed by atoms with Gasteiger partial charge in [-0.15, -0.1) is 0 Å². The second kappa shape index (κ2) is 7.79. The SMILES string of the molecule is CNC(=O)N(Cc1ccc(-c2noc(C(F)(F)F)n2)cc1)OCI. The van der Waals surface area contributed by atoms with E-state index in [1.807, 2.05) is 22.6 Å². The van der Waals surface area contributed by atoms with Crippen molar-refractivity contribution in [3.63, 3.8) is 0 Å². The van der Waals surface area contributed by atoms with E-state index in [0.717, 1.165) is 5.06 Å². The fourth-order valence-electron chi connectivity index (χ4n) is 1.74. The highest BCUT2D eigenvalue weighted by atomic mass is 127. The van der Waals surface area contributed by atoms with Crippen molar-refractivity contribution in [1.82, 2.24) is 20.5 Å². The summed E-state index contributed by atoms with van der Waals surface area (Å²) in [6, 6.07) is 5.92. The standard InChI is InChI=1S/C13H12F3IN4O3/c1-18-12(22)21(23-7-17)6-8-2-4-9(5-3-8)10-19-11(24-20-10)13(14,15)16/h2-5H,6-7H2,1H3,(H,18,22). The lowest BCUT2D eigenvalue weighted by molar-refractivity contribution is -0.159. The Morgan fingerprint density at radius 3 is 2.54 bits per heavy atom. The molecule has 0 radical (unpaired) electrons. The summed E-state index contributed by atoms with van der Waals surface area (Å²) in [6.07, 6.45) is -4.68. The summed E-state index contributed by atoms with van der Waals surface area (Å²) in [5.74, 6) is -1.57. The number of hydroxylamine groups is 2. The van der Waals surface area contributed by atoms with Gasteiger partial charge in [-0.1, -0.05) is 52.0 Å². The van der Waals surface area contributed by atoms with Crippen LogP contribution in [0, 0.1) is 0 Å². The van der Waals surface area contributed by atoms with Crippen LogP contribution in [0.3, 0.4) is 0 Å². The number of nitrogens with zero attached hydrogens (tertiary/aromatic N) is 3. The summed E-state index contributed by atoms with van der Waals surface area (Å²) in [5, 5.41) is 6.89. The number of aromatic nitrogens is 2. The van der Waals surface area contributed by atoms with E-state index in [2.05, 4.69) is 20.0 Å². The Kier molecular flexibility index (Phi) is 5.99. The summed E-state index contributed by atoms with van der Waals surface area (Å²) in [5.41, 5.74) is 1.08. The zero-order valence-corrected chi connectivity index (χ0v) is 14.5. The number of halogens is 4. The van der Waals surface area contributed by atoms with Gasteiger partial charge < -0.3 is 9.84 Å². The van der Waals surface area contributed by atoms with Gasteiger partial charge in [0.2, 0.25) is 5.82 Å². The predicted molar refractivity (Wildman–Crippen MR) is 84.7 cm³/mol. The van der Waals surface area contributed by atoms with Crippen molar-refractivity contribution in [2.45, 2.75) is 12.7 Å². The molecule has 0 saturated carbocycles. The molecule has 2 rings (SSSR count). The normalized spacial score (nSPS) is 11.4. The Morgan fingerprint density at radius 2 is 2.04 bits per heavy atom. The molecule has 1 aromatic heterocycles. The number of alkyl halides is 4. The molecule has 130 valence electrons. The van der Waals surface area contributed by atoms with Crippen molar-refractivity contribution in [3.8, 4) is 11.4 Å². The average Bonchev–Trinajstić information content (AvgIpc) is 3.04. The molecule has 7 nitrogen and oxygen atoms in total. The van der Waals surface area contributed by atoms with Gasteiger partial charge in [-0.3, -0.25) is 4.84 Å². The van der Waals surface area contributed by atoms with Crippen LogP contribution in [0.1, 0.15) is 11.5 Å². The quantitative estimate of drug-likeness (QED) is 0.425. The Bertz CT molecular complexity index is 691. The molecule has 24 heavy (non-hydrogen) atoms. The molecule has 11 heteroatoms. The maximum atomic E-state index is 12.5. The van der Waals surface area contributed by atoms with Gasteiger partial charge in [-0.05, 0) is 5.56 Å². The molecule has 2 amide bonds. The van der Waals surface area contributed by atoms with Gasteiger partial charge in [-0.2, -0.15) is 23.2 Å². The Labute approximate surface area is 148 Å². The van der Waals surface area contributed by atoms with Crippen molar-refractivity contribution in [1.29, 1.82) is 0 Å². The molecule has 0 fully saturated rings. The van der Waals surface area contributed by atoms with Crippen molar-refractivity contribution in [2.24, 2.45) is 0 Å². The Balaban J connectivity index is 2.12. The molecule has 1 heterocycles. The van der Waals surface area contributed by atoms with Gasteiger partial charge in [0.15, 0.2) is 0 Å². The number of hydrogen-bond donors (Lipinski definition) is 1. The molecule has 1 N–H and O–H groups in total. The van der Waals surface area contributed by atoms with Crippen LogP contribution in [0.5, 0.6) is 0 Å². The first-order chi connectivity index (χ1) is 11.3. The smallest absolute Gasteiger partial charge is 0.339 e. The summed E-state index contributed by atoms with van der Waals surface area (Å²) in [6.45, 7) is 0.170. The van der Waals surface area contributed by atoms with E-state index >= 15 is 0 Å². The maximum Gasteiger partial charge on any atom is 0.471 e. The number of benzene rings is 1. The van der Waals surface area contributed by atoms with E-state index in [0.29, 0.717) is 11.1 Å². The van der Waals surface area contributed by atoms with Crippen LogP contribution in [-0.4, -0.2) is 32.9 Å². The molecular weight excluding hydrogens is 444 g/mol. The Hall–Kier alpha value is -1.89. The minimum absolute atomic E-state index is 0.166. The largest absolute Gasteiger partial charge is 0.471 e. The van der Waals surface area contributed by atoms with Gasteiger partial charge in [0.25, 0.3) is 0 Å². The topological polar surface area (TPSA) is 80.5 Å². The second-order valence-electron chi connectivity index (χ2n) is 4.45. The maximum absolute atomic E-state index is 12.5. The molecule has 0 atom stereocenters. The highest BCUT2D eigenvalue weighted by Gasteiger charge is 2.38. The molecule has 0 aliphatic rings. The van der Waals surface area contributed by atoms with Gasteiger partial charge in [0.1, 0.15) is 4.61 Å². The van der Waals surface area contributed by atoms with Crippen LogP contribution in [0.4, 0.5) is 18.0 Å². The van der Waals surface area contributed by atoms with Crippen LogP contribution < -0.4 is 5.32 Å². The number of carbonyl (C=O) groups is 1. The molecule has 0 bridgehead atoms. The molecule has 0 unspecified atom stereocenters. The zero-order valence-electron chi connectivity index (χ0n) is 12.3. The first-order valence-corrected chi connectivity index (χ1v) is 8.06. The zero-order chi connectivity index (χ0) is 17.7. The molecule has 2 aromatic rings. The van der Waals surface area contributed by atoms with E-state index in [9.17, 15) is 18.0 Å². The number of nitrogens with one attached hydrogen (secondary N) is 1. The van der Waals surface area contributed by atoms with Crippen molar-refractivity contribution in [2.75, 3.05) is 11.7 Å². The van der Waals surface area contributed by atoms with E-state index in [4.69, 9.17) is 4.84 Å². The lowest BCUT2D eigenvalue weighted by atomic mass is 10.1. The molecule has 1 aromatic carbocycles. The number of rotatable bonds is 5. The Morgan fingerprint density at radius 1 is 1.38 bits per heavy atom. The van der Waals surface area contributed by atoms with Gasteiger partial charge in [0.05, 0.1) is 6.54 Å². The molecule has 0 spiro atoms. The van der Waals surface area contributed by atoms with Crippen LogP contribution in [0.2, 0.25) is 0 Å². The van der Waals surface area contributed by atoms with Crippen LogP contribution in [-0.2, 0) is 17.6 Å². The summed E-state index contributed by atoms with van der Waals surface area (Å²) in [7, 11) is 1.48. The average molecular weight is 456 g/mol. The number of hydrogen-bond acceptors (Lipinski definition) is 5. The van der Waals surface area contributed by atoms with E-state index < -0.39 is 18.1 Å². The molecule has 0 aliphatic carbocycles. The van der Waals surface area contributed by atoms with Crippen LogP contribution in [0.15, 0.2) is 28.8 Å². The number of carbonyl (C=O) groups excluding carboxylic acids is 1. The van der Waals surface area contributed by atoms with Crippen molar-refractivity contribution >= 4 is 28.6 Å². The predicted octanol–water partition coefficient (Wildman–Crippen LogP) is 3.22. The number of amides is 2.